The van der Waals surface area contributed by atoms with Crippen LogP contribution in [0.25, 0.3) is 27.5 Å². The summed E-state index contributed by atoms with van der Waals surface area (Å²) in [6, 6.07) is 18.5. The molecule has 0 saturated carbocycles. The first-order valence-corrected chi connectivity index (χ1v) is 14.6. The van der Waals surface area contributed by atoms with Crippen molar-refractivity contribution in [3.63, 3.8) is 0 Å². The van der Waals surface area contributed by atoms with Crippen LogP contribution >= 0.6 is 11.6 Å². The van der Waals surface area contributed by atoms with Crippen LogP contribution in [0.3, 0.4) is 0 Å². The number of rotatable bonds is 8. The third kappa shape index (κ3) is 5.22. The number of hydrogen-bond donors (Lipinski definition) is 1. The number of carbonyl (C=O) groups is 1. The maximum Gasteiger partial charge on any atom is 0.335 e. The minimum Gasteiger partial charge on any atom is -0.478 e. The monoisotopic (exact) mass is 584 g/mol. The number of aromatic nitrogens is 3. The van der Waals surface area contributed by atoms with E-state index in [1.807, 2.05) is 6.20 Å². The van der Waals surface area contributed by atoms with Gasteiger partial charge in [0.05, 0.1) is 42.3 Å². The first-order chi connectivity index (χ1) is 20.4. The van der Waals surface area contributed by atoms with Gasteiger partial charge in [-0.1, -0.05) is 35.9 Å². The van der Waals surface area contributed by atoms with E-state index in [9.17, 15) is 14.3 Å². The van der Waals surface area contributed by atoms with Gasteiger partial charge in [-0.25, -0.2) is 14.2 Å². The topological polar surface area (TPSA) is 72.5 Å². The third-order valence-corrected chi connectivity index (χ3v) is 8.65. The van der Waals surface area contributed by atoms with Gasteiger partial charge < -0.3 is 19.0 Å². The van der Waals surface area contributed by atoms with E-state index in [0.29, 0.717) is 30.2 Å². The van der Waals surface area contributed by atoms with Gasteiger partial charge in [0.25, 0.3) is 0 Å². The number of fused-ring (bicyclic) bond motifs is 2. The molecule has 214 valence electrons. The molecule has 42 heavy (non-hydrogen) atoms. The van der Waals surface area contributed by atoms with Crippen LogP contribution < -0.4 is 0 Å². The number of imidazole rings is 1. The molecule has 4 heterocycles. The molecule has 1 fully saturated rings. The molecule has 0 bridgehead atoms. The summed E-state index contributed by atoms with van der Waals surface area (Å²) in [5.41, 5.74) is 6.04. The molecule has 2 aromatic heterocycles. The standard InChI is InChI=1S/C33H30ClFN4O3/c34-26-5-3-25(28(35)17-26)18-38-13-9-22-1-2-23(15-30(22)38)21-7-11-37(12-8-21)20-32-36-29-6-4-24(33(40)41)16-31(29)39(32)19-27-10-14-42-27/h1-7,9,13,15-17,27H,8,10-12,14,18-20H2,(H,40,41)/t27-/m0/s1. The highest BCUT2D eigenvalue weighted by Crippen LogP contribution is 2.29. The molecular weight excluding hydrogens is 555 g/mol. The lowest BCUT2D eigenvalue weighted by molar-refractivity contribution is -0.0591. The molecule has 2 aliphatic rings. The second kappa shape index (κ2) is 11.0. The molecule has 9 heteroatoms. The van der Waals surface area contributed by atoms with Crippen molar-refractivity contribution < 1.29 is 19.0 Å². The summed E-state index contributed by atoms with van der Waals surface area (Å²) in [7, 11) is 0. The molecule has 0 unspecified atom stereocenters. The SMILES string of the molecule is O=C(O)c1ccc2nc(CN3CC=C(c4ccc5ccn(Cc6ccc(Cl)cc6F)c5c4)CC3)n(C[C@@H]3CCO3)c2c1. The van der Waals surface area contributed by atoms with Crippen molar-refractivity contribution in [2.24, 2.45) is 0 Å². The van der Waals surface area contributed by atoms with Crippen LogP contribution in [0.2, 0.25) is 5.02 Å². The second-order valence-corrected chi connectivity index (χ2v) is 11.5. The highest BCUT2D eigenvalue weighted by Gasteiger charge is 2.24. The zero-order valence-electron chi connectivity index (χ0n) is 23.0. The summed E-state index contributed by atoms with van der Waals surface area (Å²) in [5, 5.41) is 11.0. The summed E-state index contributed by atoms with van der Waals surface area (Å²) >= 11 is 5.94. The van der Waals surface area contributed by atoms with E-state index < -0.39 is 5.97 Å². The van der Waals surface area contributed by atoms with Crippen molar-refractivity contribution in [1.82, 2.24) is 19.0 Å². The maximum atomic E-state index is 14.5. The fraction of sp³-hybridized carbons (Fsp3) is 0.273. The fourth-order valence-corrected chi connectivity index (χ4v) is 6.09. The Hall–Kier alpha value is -3.98. The summed E-state index contributed by atoms with van der Waals surface area (Å²) in [4.78, 5) is 18.9. The average Bonchev–Trinajstić information content (AvgIpc) is 3.52. The Bertz CT molecular complexity index is 1860. The van der Waals surface area contributed by atoms with Crippen LogP contribution in [0.15, 0.2) is 72.9 Å². The predicted molar refractivity (Wildman–Crippen MR) is 161 cm³/mol. The molecule has 7 rings (SSSR count). The van der Waals surface area contributed by atoms with E-state index in [4.69, 9.17) is 21.3 Å². The minimum atomic E-state index is -0.942. The largest absolute Gasteiger partial charge is 0.478 e. The maximum absolute atomic E-state index is 14.5. The lowest BCUT2D eigenvalue weighted by Crippen LogP contribution is -2.33. The predicted octanol–water partition coefficient (Wildman–Crippen LogP) is 6.61. The summed E-state index contributed by atoms with van der Waals surface area (Å²) in [6.07, 6.45) is 6.30. The molecular formula is C33H30ClFN4O3. The number of nitrogens with zero attached hydrogens (tertiary/aromatic N) is 4. The zero-order valence-corrected chi connectivity index (χ0v) is 23.7. The van der Waals surface area contributed by atoms with Gasteiger partial charge in [0.1, 0.15) is 11.6 Å². The highest BCUT2D eigenvalue weighted by atomic mass is 35.5. The normalized spacial score (nSPS) is 17.5. The summed E-state index contributed by atoms with van der Waals surface area (Å²) in [5.74, 6) is -0.317. The molecule has 7 nitrogen and oxygen atoms in total. The van der Waals surface area contributed by atoms with Crippen LogP contribution in [-0.2, 0) is 24.4 Å². The first-order valence-electron chi connectivity index (χ1n) is 14.2. The number of carboxylic acid groups (broad SMARTS) is 1. The van der Waals surface area contributed by atoms with Crippen molar-refractivity contribution in [2.45, 2.75) is 38.6 Å². The molecule has 1 N–H and O–H groups in total. The van der Waals surface area contributed by atoms with Gasteiger partial charge in [-0.2, -0.15) is 0 Å². The van der Waals surface area contributed by atoms with Crippen LogP contribution in [0.4, 0.5) is 4.39 Å². The molecule has 0 amide bonds. The van der Waals surface area contributed by atoms with Gasteiger partial charge in [-0.05, 0) is 71.8 Å². The smallest absolute Gasteiger partial charge is 0.335 e. The van der Waals surface area contributed by atoms with Gasteiger partial charge in [0, 0.05) is 42.0 Å². The molecule has 1 saturated heterocycles. The summed E-state index contributed by atoms with van der Waals surface area (Å²) < 4.78 is 24.4. The Morgan fingerprint density at radius 1 is 1.07 bits per heavy atom. The number of halogens is 2. The van der Waals surface area contributed by atoms with Gasteiger partial charge in [0.15, 0.2) is 0 Å². The van der Waals surface area contributed by atoms with Gasteiger partial charge in [-0.15, -0.1) is 0 Å². The first kappa shape index (κ1) is 26.9. The number of benzene rings is 3. The number of aromatic carboxylic acids is 1. The van der Waals surface area contributed by atoms with Crippen molar-refractivity contribution in [3.8, 4) is 0 Å². The summed E-state index contributed by atoms with van der Waals surface area (Å²) in [6.45, 7) is 4.20. The second-order valence-electron chi connectivity index (χ2n) is 11.1. The Morgan fingerprint density at radius 3 is 2.69 bits per heavy atom. The van der Waals surface area contributed by atoms with Crippen molar-refractivity contribution in [1.29, 1.82) is 0 Å². The molecule has 1 atom stereocenters. The third-order valence-electron chi connectivity index (χ3n) is 8.41. The lowest BCUT2D eigenvalue weighted by Gasteiger charge is -2.29. The lowest BCUT2D eigenvalue weighted by atomic mass is 9.98. The quantitative estimate of drug-likeness (QED) is 0.222. The molecule has 0 radical (unpaired) electrons. The Labute approximate surface area is 247 Å². The number of ether oxygens (including phenoxy) is 1. The number of hydrogen-bond acceptors (Lipinski definition) is 4. The zero-order chi connectivity index (χ0) is 28.8. The molecule has 0 spiro atoms. The molecule has 2 aliphatic heterocycles. The fourth-order valence-electron chi connectivity index (χ4n) is 5.93. The Balaban J connectivity index is 1.11. The van der Waals surface area contributed by atoms with Crippen molar-refractivity contribution >= 4 is 45.1 Å². The Morgan fingerprint density at radius 2 is 1.95 bits per heavy atom. The average molecular weight is 585 g/mol. The van der Waals surface area contributed by atoms with E-state index in [0.717, 1.165) is 60.3 Å². The molecule has 0 aliphatic carbocycles. The van der Waals surface area contributed by atoms with E-state index in [2.05, 4.69) is 44.4 Å². The van der Waals surface area contributed by atoms with Crippen molar-refractivity contribution in [3.05, 3.63) is 106 Å². The van der Waals surface area contributed by atoms with E-state index >= 15 is 0 Å². The van der Waals surface area contributed by atoms with Gasteiger partial charge in [-0.3, -0.25) is 4.90 Å². The van der Waals surface area contributed by atoms with E-state index in [1.54, 1.807) is 30.3 Å². The van der Waals surface area contributed by atoms with E-state index in [-0.39, 0.29) is 17.5 Å². The minimum absolute atomic E-state index is 0.132. The Kier molecular flexibility index (Phi) is 7.06. The van der Waals surface area contributed by atoms with Crippen LogP contribution in [0, 0.1) is 5.82 Å². The van der Waals surface area contributed by atoms with Crippen molar-refractivity contribution in [2.75, 3.05) is 19.7 Å². The highest BCUT2D eigenvalue weighted by molar-refractivity contribution is 6.30. The van der Waals surface area contributed by atoms with Gasteiger partial charge in [0.2, 0.25) is 0 Å². The van der Waals surface area contributed by atoms with Crippen LogP contribution in [0.1, 0.15) is 40.2 Å². The molecule has 3 aromatic carbocycles. The van der Waals surface area contributed by atoms with E-state index in [1.165, 1.54) is 17.2 Å². The van der Waals surface area contributed by atoms with Crippen LogP contribution in [-0.4, -0.2) is 55.9 Å². The number of carboxylic acids is 1. The molecule has 5 aromatic rings. The van der Waals surface area contributed by atoms with Crippen LogP contribution in [0.5, 0.6) is 0 Å². The van der Waals surface area contributed by atoms with Gasteiger partial charge >= 0.3 is 5.97 Å².